The number of alkyl halides is 1. The fourth-order valence-electron chi connectivity index (χ4n) is 2.66. The van der Waals surface area contributed by atoms with Crippen molar-refractivity contribution in [1.29, 1.82) is 0 Å². The van der Waals surface area contributed by atoms with Crippen LogP contribution in [-0.4, -0.2) is 41.5 Å². The maximum atomic E-state index is 12.7. The van der Waals surface area contributed by atoms with Crippen LogP contribution >= 0.6 is 0 Å². The molecule has 0 aliphatic heterocycles. The number of nitrogens with zero attached hydrogens (tertiary/aromatic N) is 2. The van der Waals surface area contributed by atoms with Crippen LogP contribution in [0.5, 0.6) is 0 Å². The van der Waals surface area contributed by atoms with Crippen molar-refractivity contribution < 1.29 is 18.7 Å². The van der Waals surface area contributed by atoms with Gasteiger partial charge in [0, 0.05) is 11.9 Å². The van der Waals surface area contributed by atoms with E-state index in [4.69, 9.17) is 4.74 Å². The van der Waals surface area contributed by atoms with Crippen LogP contribution in [0.2, 0.25) is 0 Å². The monoisotopic (exact) mass is 349 g/mol. The highest BCUT2D eigenvalue weighted by atomic mass is 19.1. The molecule has 6 nitrogen and oxygen atoms in total. The number of aromatic nitrogens is 2. The predicted octanol–water partition coefficient (Wildman–Crippen LogP) is 2.71. The highest BCUT2D eigenvalue weighted by molar-refractivity contribution is 6.06. The van der Waals surface area contributed by atoms with Gasteiger partial charge in [-0.1, -0.05) is 32.0 Å². The summed E-state index contributed by atoms with van der Waals surface area (Å²) < 4.78 is 18.8. The molecule has 0 radical (unpaired) electrons. The van der Waals surface area contributed by atoms with Gasteiger partial charge in [-0.2, -0.15) is 5.10 Å². The quantitative estimate of drug-likeness (QED) is 0.587. The molecule has 1 unspecified atom stereocenters. The van der Waals surface area contributed by atoms with Gasteiger partial charge in [0.1, 0.15) is 6.04 Å². The predicted molar refractivity (Wildman–Crippen MR) is 93.1 cm³/mol. The molecule has 0 fully saturated rings. The summed E-state index contributed by atoms with van der Waals surface area (Å²) in [6.45, 7) is 3.81. The number of rotatable bonds is 8. The number of aryl methyl sites for hydroxylation is 1. The largest absolute Gasteiger partial charge is 0.467 e. The molecule has 0 saturated heterocycles. The van der Waals surface area contributed by atoms with Gasteiger partial charge in [0.15, 0.2) is 5.69 Å². The number of carbonyl (C=O) groups excluding carboxylic acids is 2. The number of hydrogen-bond acceptors (Lipinski definition) is 4. The highest BCUT2D eigenvalue weighted by Crippen LogP contribution is 2.19. The van der Waals surface area contributed by atoms with E-state index in [1.807, 2.05) is 38.1 Å². The van der Waals surface area contributed by atoms with E-state index in [2.05, 4.69) is 10.4 Å². The van der Waals surface area contributed by atoms with Crippen molar-refractivity contribution in [3.8, 4) is 0 Å². The summed E-state index contributed by atoms with van der Waals surface area (Å²) in [6.07, 6.45) is 1.09. The van der Waals surface area contributed by atoms with Crippen LogP contribution in [0, 0.1) is 5.92 Å². The number of ether oxygens (including phenoxy) is 1. The summed E-state index contributed by atoms with van der Waals surface area (Å²) in [4.78, 5) is 24.5. The van der Waals surface area contributed by atoms with E-state index in [0.717, 1.165) is 5.52 Å². The molecule has 2 aromatic rings. The first-order valence-electron chi connectivity index (χ1n) is 8.39. The number of nitrogens with one attached hydrogen (secondary N) is 1. The van der Waals surface area contributed by atoms with Crippen LogP contribution in [0.3, 0.4) is 0 Å². The third-order valence-corrected chi connectivity index (χ3v) is 4.03. The van der Waals surface area contributed by atoms with Gasteiger partial charge in [-0.25, -0.2) is 4.79 Å². The molecule has 7 heteroatoms. The van der Waals surface area contributed by atoms with Gasteiger partial charge in [0.05, 0.1) is 19.3 Å². The topological polar surface area (TPSA) is 73.2 Å². The smallest absolute Gasteiger partial charge is 0.328 e. The van der Waals surface area contributed by atoms with Crippen molar-refractivity contribution in [1.82, 2.24) is 15.1 Å². The second-order valence-electron chi connectivity index (χ2n) is 6.20. The molecule has 0 saturated carbocycles. The Kier molecular flexibility index (Phi) is 6.50. The summed E-state index contributed by atoms with van der Waals surface area (Å²) in [6, 6.07) is 6.63. The Bertz CT molecular complexity index is 742. The summed E-state index contributed by atoms with van der Waals surface area (Å²) in [5, 5.41) is 7.80. The molecular formula is C18H24FN3O3. The van der Waals surface area contributed by atoms with Crippen molar-refractivity contribution >= 4 is 22.8 Å². The van der Waals surface area contributed by atoms with Gasteiger partial charge >= 0.3 is 5.97 Å². The number of methoxy groups -OCH3 is 1. The number of hydrogen-bond donors (Lipinski definition) is 1. The lowest BCUT2D eigenvalue weighted by molar-refractivity contribution is -0.144. The zero-order chi connectivity index (χ0) is 18.4. The number of para-hydroxylation sites is 1. The number of halogens is 1. The van der Waals surface area contributed by atoms with Crippen LogP contribution in [-0.2, 0) is 16.1 Å². The molecule has 1 amide bonds. The lowest BCUT2D eigenvalue weighted by atomic mass is 10.0. The van der Waals surface area contributed by atoms with Crippen molar-refractivity contribution in [3.63, 3.8) is 0 Å². The van der Waals surface area contributed by atoms with Gasteiger partial charge in [-0.05, 0) is 24.8 Å². The lowest BCUT2D eigenvalue weighted by Crippen LogP contribution is -2.45. The standard InChI is InChI=1S/C18H24FN3O3/c1-12(2)15(18(24)25-3)20-17(23)16-13-8-4-5-9-14(13)22(21-16)11-7-6-10-19/h4-5,8-9,12,15H,6-7,10-11H2,1-3H3,(H,20,23). The van der Waals surface area contributed by atoms with Crippen molar-refractivity contribution in [2.24, 2.45) is 5.92 Å². The molecule has 1 atom stereocenters. The lowest BCUT2D eigenvalue weighted by Gasteiger charge is -2.19. The molecule has 0 spiro atoms. The van der Waals surface area contributed by atoms with Gasteiger partial charge in [-0.3, -0.25) is 13.9 Å². The molecular weight excluding hydrogens is 325 g/mol. The van der Waals surface area contributed by atoms with Crippen molar-refractivity contribution in [2.45, 2.75) is 39.3 Å². The van der Waals surface area contributed by atoms with Crippen molar-refractivity contribution in [2.75, 3.05) is 13.8 Å². The summed E-state index contributed by atoms with van der Waals surface area (Å²) in [5.41, 5.74) is 1.07. The van der Waals surface area contributed by atoms with Gasteiger partial charge < -0.3 is 10.1 Å². The molecule has 136 valence electrons. The minimum atomic E-state index is -0.743. The minimum Gasteiger partial charge on any atom is -0.467 e. The second kappa shape index (κ2) is 8.60. The third kappa shape index (κ3) is 4.35. The molecule has 2 rings (SSSR count). The summed E-state index contributed by atoms with van der Waals surface area (Å²) in [5.74, 6) is -1.03. The van der Waals surface area contributed by atoms with E-state index >= 15 is 0 Å². The number of amides is 1. The maximum absolute atomic E-state index is 12.7. The van der Waals surface area contributed by atoms with Crippen LogP contribution in [0.1, 0.15) is 37.2 Å². The maximum Gasteiger partial charge on any atom is 0.328 e. The second-order valence-corrected chi connectivity index (χ2v) is 6.20. The Morgan fingerprint density at radius 3 is 2.64 bits per heavy atom. The fourth-order valence-corrected chi connectivity index (χ4v) is 2.66. The number of unbranched alkanes of at least 4 members (excludes halogenated alkanes) is 1. The Morgan fingerprint density at radius 1 is 1.28 bits per heavy atom. The highest BCUT2D eigenvalue weighted by Gasteiger charge is 2.27. The Balaban J connectivity index is 2.29. The van der Waals surface area contributed by atoms with E-state index in [1.54, 1.807) is 4.68 Å². The molecule has 1 aromatic carbocycles. The Hall–Kier alpha value is -2.44. The average Bonchev–Trinajstić information content (AvgIpc) is 2.98. The van der Waals surface area contributed by atoms with E-state index in [-0.39, 0.29) is 18.3 Å². The summed E-state index contributed by atoms with van der Waals surface area (Å²) >= 11 is 0. The SMILES string of the molecule is COC(=O)C(NC(=O)c1nn(CCCCF)c2ccccc12)C(C)C. The third-order valence-electron chi connectivity index (χ3n) is 4.03. The van der Waals surface area contributed by atoms with Crippen LogP contribution in [0.25, 0.3) is 10.9 Å². The fraction of sp³-hybridized carbons (Fsp3) is 0.500. The number of fused-ring (bicyclic) bond motifs is 1. The Morgan fingerprint density at radius 2 is 2.00 bits per heavy atom. The number of benzene rings is 1. The van der Waals surface area contributed by atoms with Gasteiger partial charge in [0.2, 0.25) is 0 Å². The molecule has 1 heterocycles. The first-order chi connectivity index (χ1) is 12.0. The molecule has 0 bridgehead atoms. The molecule has 0 aliphatic carbocycles. The van der Waals surface area contributed by atoms with Crippen LogP contribution < -0.4 is 5.32 Å². The minimum absolute atomic E-state index is 0.116. The van der Waals surface area contributed by atoms with Gasteiger partial charge in [0.25, 0.3) is 5.91 Å². The average molecular weight is 349 g/mol. The van der Waals surface area contributed by atoms with Crippen LogP contribution in [0.15, 0.2) is 24.3 Å². The molecule has 1 aromatic heterocycles. The van der Waals surface area contributed by atoms with Gasteiger partial charge in [-0.15, -0.1) is 0 Å². The van der Waals surface area contributed by atoms with Crippen molar-refractivity contribution in [3.05, 3.63) is 30.0 Å². The first kappa shape index (κ1) is 18.9. The Labute approximate surface area is 146 Å². The number of esters is 1. The summed E-state index contributed by atoms with van der Waals surface area (Å²) in [7, 11) is 1.29. The van der Waals surface area contributed by atoms with E-state index in [0.29, 0.717) is 24.8 Å². The zero-order valence-electron chi connectivity index (χ0n) is 14.8. The number of carbonyl (C=O) groups is 2. The van der Waals surface area contributed by atoms with E-state index < -0.39 is 17.9 Å². The zero-order valence-corrected chi connectivity index (χ0v) is 14.8. The molecule has 1 N–H and O–H groups in total. The molecule has 25 heavy (non-hydrogen) atoms. The molecule has 0 aliphatic rings. The van der Waals surface area contributed by atoms with E-state index in [9.17, 15) is 14.0 Å². The van der Waals surface area contributed by atoms with E-state index in [1.165, 1.54) is 7.11 Å². The first-order valence-corrected chi connectivity index (χ1v) is 8.39. The van der Waals surface area contributed by atoms with Crippen LogP contribution in [0.4, 0.5) is 4.39 Å². The normalized spacial score (nSPS) is 12.4.